The molecule has 24 heavy (non-hydrogen) atoms. The maximum Gasteiger partial charge on any atom is 0.410 e. The van der Waals surface area contributed by atoms with Crippen LogP contribution in [0, 0.1) is 0 Å². The molecule has 3 rings (SSSR count). The van der Waals surface area contributed by atoms with Gasteiger partial charge in [-0.25, -0.2) is 10.5 Å². The number of nitrogens with two attached hydrogens (primary N) is 1. The van der Waals surface area contributed by atoms with Crippen LogP contribution in [0.2, 0.25) is 5.02 Å². The fourth-order valence-corrected chi connectivity index (χ4v) is 2.80. The van der Waals surface area contributed by atoms with Crippen LogP contribution < -0.4 is 16.6 Å². The average molecular weight is 360 g/mol. The van der Waals surface area contributed by atoms with Crippen LogP contribution in [0.3, 0.4) is 0 Å². The summed E-state index contributed by atoms with van der Waals surface area (Å²) in [6.45, 7) is 0. The number of alkyl halides is 3. The first kappa shape index (κ1) is 16.6. The summed E-state index contributed by atoms with van der Waals surface area (Å²) in [5.74, 6) is 4.35. The Morgan fingerprint density at radius 3 is 2.62 bits per heavy atom. The first-order valence-electron chi connectivity index (χ1n) is 6.99. The zero-order valence-corrected chi connectivity index (χ0v) is 12.9. The van der Waals surface area contributed by atoms with Crippen molar-refractivity contribution in [3.8, 4) is 0 Å². The van der Waals surface area contributed by atoms with E-state index in [1.54, 1.807) is 24.3 Å². The van der Waals surface area contributed by atoms with Crippen LogP contribution in [0.5, 0.6) is 0 Å². The van der Waals surface area contributed by atoms with Crippen LogP contribution in [0.4, 0.5) is 19.0 Å². The van der Waals surface area contributed by atoms with Gasteiger partial charge in [0.15, 0.2) is 11.7 Å². The average Bonchev–Trinajstić information content (AvgIpc) is 2.96. The Kier molecular flexibility index (Phi) is 4.14. The van der Waals surface area contributed by atoms with E-state index < -0.39 is 24.2 Å². The molecular formula is C14H13ClF3N5O. The minimum Gasteiger partial charge on any atom is -0.363 e. The maximum absolute atomic E-state index is 13.4. The van der Waals surface area contributed by atoms with Gasteiger partial charge in [0, 0.05) is 17.5 Å². The fourth-order valence-electron chi connectivity index (χ4n) is 2.67. The molecule has 0 unspecified atom stereocenters. The van der Waals surface area contributed by atoms with Crippen molar-refractivity contribution in [3.63, 3.8) is 0 Å². The van der Waals surface area contributed by atoms with E-state index >= 15 is 0 Å². The van der Waals surface area contributed by atoms with Gasteiger partial charge in [-0.05, 0) is 17.7 Å². The molecule has 6 nitrogen and oxygen atoms in total. The van der Waals surface area contributed by atoms with Crippen molar-refractivity contribution in [2.45, 2.75) is 24.7 Å². The number of nitrogen functional groups attached to an aromatic ring is 1. The quantitative estimate of drug-likeness (QED) is 0.437. The molecule has 1 aliphatic heterocycles. The van der Waals surface area contributed by atoms with Crippen LogP contribution in [0.1, 0.15) is 34.6 Å². The number of hydrogen-bond acceptors (Lipinski definition) is 4. The van der Waals surface area contributed by atoms with E-state index in [1.165, 1.54) is 6.07 Å². The highest BCUT2D eigenvalue weighted by Crippen LogP contribution is 2.43. The van der Waals surface area contributed by atoms with Crippen LogP contribution >= 0.6 is 11.6 Å². The van der Waals surface area contributed by atoms with Crippen LogP contribution in [0.25, 0.3) is 0 Å². The van der Waals surface area contributed by atoms with Gasteiger partial charge in [-0.15, -0.1) is 0 Å². The molecule has 2 heterocycles. The number of hydrazine groups is 1. The van der Waals surface area contributed by atoms with Crippen molar-refractivity contribution < 1.29 is 18.0 Å². The van der Waals surface area contributed by atoms with Gasteiger partial charge >= 0.3 is 6.18 Å². The summed E-state index contributed by atoms with van der Waals surface area (Å²) in [5.41, 5.74) is 2.32. The first-order chi connectivity index (χ1) is 11.3. The van der Waals surface area contributed by atoms with Crippen molar-refractivity contribution in [3.05, 3.63) is 46.6 Å². The Labute approximate surface area is 139 Å². The number of halogens is 4. The number of fused-ring (bicyclic) bond motifs is 1. The number of anilines is 1. The van der Waals surface area contributed by atoms with Crippen molar-refractivity contribution in [1.82, 2.24) is 15.2 Å². The Morgan fingerprint density at radius 2 is 2.04 bits per heavy atom. The molecular weight excluding hydrogens is 347 g/mol. The summed E-state index contributed by atoms with van der Waals surface area (Å²) >= 11 is 5.82. The van der Waals surface area contributed by atoms with Crippen molar-refractivity contribution >= 4 is 23.3 Å². The first-order valence-corrected chi connectivity index (χ1v) is 7.36. The van der Waals surface area contributed by atoms with E-state index in [1.807, 2.05) is 5.43 Å². The summed E-state index contributed by atoms with van der Waals surface area (Å²) in [6, 6.07) is 5.34. The molecule has 0 bridgehead atoms. The molecule has 0 radical (unpaired) electrons. The lowest BCUT2D eigenvalue weighted by molar-refractivity contribution is -0.173. The second-order valence-corrected chi connectivity index (χ2v) is 5.81. The smallest absolute Gasteiger partial charge is 0.363 e. The molecule has 1 amide bonds. The Hall–Kier alpha value is -2.26. The third-order valence-electron chi connectivity index (χ3n) is 3.83. The van der Waals surface area contributed by atoms with Gasteiger partial charge < -0.3 is 5.32 Å². The standard InChI is InChI=1S/C14H13ClF3N5O/c15-8-3-1-7(2-4-8)9-5-11(14(16,17)18)23-12(20-9)6-10(22-23)13(24)21-19/h1-4,6,9,11,20H,5,19H2,(H,21,24)/t9-,11+/m1/s1. The van der Waals surface area contributed by atoms with Crippen molar-refractivity contribution in [2.75, 3.05) is 5.32 Å². The number of benzene rings is 1. The number of rotatable bonds is 2. The van der Waals surface area contributed by atoms with Crippen molar-refractivity contribution in [1.29, 1.82) is 0 Å². The van der Waals surface area contributed by atoms with Crippen LogP contribution in [-0.2, 0) is 0 Å². The Morgan fingerprint density at radius 1 is 1.38 bits per heavy atom. The molecule has 4 N–H and O–H groups in total. The van der Waals surface area contributed by atoms with Crippen LogP contribution in [0.15, 0.2) is 30.3 Å². The van der Waals surface area contributed by atoms with Crippen molar-refractivity contribution in [2.24, 2.45) is 5.84 Å². The Balaban J connectivity index is 2.00. The number of carbonyl (C=O) groups excluding carboxylic acids is 1. The third kappa shape index (κ3) is 3.04. The Bertz CT molecular complexity index is 759. The highest BCUT2D eigenvalue weighted by atomic mass is 35.5. The third-order valence-corrected chi connectivity index (χ3v) is 4.08. The molecule has 2 aromatic rings. The molecule has 0 spiro atoms. The van der Waals surface area contributed by atoms with E-state index in [0.717, 1.165) is 4.68 Å². The summed E-state index contributed by atoms with van der Waals surface area (Å²) in [7, 11) is 0. The highest BCUT2D eigenvalue weighted by Gasteiger charge is 2.46. The lowest BCUT2D eigenvalue weighted by Crippen LogP contribution is -2.36. The fraction of sp³-hybridized carbons (Fsp3) is 0.286. The lowest BCUT2D eigenvalue weighted by Gasteiger charge is -2.33. The lowest BCUT2D eigenvalue weighted by atomic mass is 9.97. The van der Waals surface area contributed by atoms with Gasteiger partial charge in [0.2, 0.25) is 0 Å². The molecule has 1 aliphatic rings. The summed E-state index contributed by atoms with van der Waals surface area (Å²) in [4.78, 5) is 11.5. The predicted molar refractivity (Wildman–Crippen MR) is 81.4 cm³/mol. The number of amides is 1. The number of carbonyl (C=O) groups is 1. The second-order valence-electron chi connectivity index (χ2n) is 5.37. The topological polar surface area (TPSA) is 85.0 Å². The molecule has 0 fully saturated rings. The van der Waals surface area contributed by atoms with Gasteiger partial charge in [-0.3, -0.25) is 10.2 Å². The van der Waals surface area contributed by atoms with E-state index in [9.17, 15) is 18.0 Å². The van der Waals surface area contributed by atoms with Gasteiger partial charge in [0.05, 0.1) is 6.04 Å². The molecule has 0 aliphatic carbocycles. The minimum atomic E-state index is -4.51. The normalized spacial score (nSPS) is 20.2. The SMILES string of the molecule is NNC(=O)c1cc2n(n1)[C@H](C(F)(F)F)C[C@H](c1ccc(Cl)cc1)N2. The summed E-state index contributed by atoms with van der Waals surface area (Å²) in [5, 5.41) is 7.20. The number of hydrogen-bond donors (Lipinski definition) is 3. The molecule has 128 valence electrons. The van der Waals surface area contributed by atoms with Gasteiger partial charge in [-0.1, -0.05) is 23.7 Å². The molecule has 0 saturated carbocycles. The van der Waals surface area contributed by atoms with Gasteiger partial charge in [0.1, 0.15) is 5.82 Å². The zero-order valence-electron chi connectivity index (χ0n) is 12.1. The zero-order chi connectivity index (χ0) is 17.5. The van der Waals surface area contributed by atoms with Gasteiger partial charge in [0.25, 0.3) is 5.91 Å². The monoisotopic (exact) mass is 359 g/mol. The van der Waals surface area contributed by atoms with Crippen LogP contribution in [-0.4, -0.2) is 21.9 Å². The summed E-state index contributed by atoms with van der Waals surface area (Å²) < 4.78 is 41.1. The summed E-state index contributed by atoms with van der Waals surface area (Å²) in [6.07, 6.45) is -4.77. The number of aromatic nitrogens is 2. The van der Waals surface area contributed by atoms with Gasteiger partial charge in [-0.2, -0.15) is 18.3 Å². The molecule has 0 saturated heterocycles. The maximum atomic E-state index is 13.4. The minimum absolute atomic E-state index is 0.0992. The largest absolute Gasteiger partial charge is 0.410 e. The molecule has 1 aromatic heterocycles. The van der Waals surface area contributed by atoms with E-state index in [-0.39, 0.29) is 17.9 Å². The second kappa shape index (κ2) is 5.99. The number of nitrogens with zero attached hydrogens (tertiary/aromatic N) is 2. The molecule has 2 atom stereocenters. The highest BCUT2D eigenvalue weighted by molar-refractivity contribution is 6.30. The molecule has 1 aromatic carbocycles. The predicted octanol–water partition coefficient (Wildman–Crippen LogP) is 2.80. The molecule has 10 heteroatoms. The number of nitrogens with one attached hydrogen (secondary N) is 2. The van der Waals surface area contributed by atoms with E-state index in [2.05, 4.69) is 10.4 Å². The van der Waals surface area contributed by atoms with E-state index in [0.29, 0.717) is 10.6 Å². The van der Waals surface area contributed by atoms with E-state index in [4.69, 9.17) is 17.4 Å².